The predicted octanol–water partition coefficient (Wildman–Crippen LogP) is 2.74. The molecule has 1 aliphatic rings. The van der Waals surface area contributed by atoms with Crippen molar-refractivity contribution in [2.75, 3.05) is 19.4 Å². The maximum atomic E-state index is 5.82. The highest BCUT2D eigenvalue weighted by molar-refractivity contribution is 5.64. The first kappa shape index (κ1) is 18.6. The molecule has 1 aromatic carbocycles. The van der Waals surface area contributed by atoms with Crippen LogP contribution in [0.4, 0.5) is 5.95 Å². The summed E-state index contributed by atoms with van der Waals surface area (Å²) in [6.07, 6.45) is 8.40. The average molecular weight is 355 g/mol. The summed E-state index contributed by atoms with van der Waals surface area (Å²) in [5.41, 5.74) is 8.79. The first-order valence-electron chi connectivity index (χ1n) is 9.44. The first-order valence-corrected chi connectivity index (χ1v) is 9.44. The molecule has 3 rings (SSSR count). The molecule has 0 amide bonds. The van der Waals surface area contributed by atoms with Crippen molar-refractivity contribution in [3.63, 3.8) is 0 Å². The van der Waals surface area contributed by atoms with Crippen LogP contribution in [0.15, 0.2) is 30.6 Å². The van der Waals surface area contributed by atoms with Crippen LogP contribution in [-0.2, 0) is 6.54 Å². The Labute approximate surface area is 155 Å². The first-order chi connectivity index (χ1) is 12.7. The molecule has 1 heterocycles. The van der Waals surface area contributed by atoms with Gasteiger partial charge in [0.2, 0.25) is 5.95 Å². The largest absolute Gasteiger partial charge is 0.494 e. The monoisotopic (exact) mass is 355 g/mol. The van der Waals surface area contributed by atoms with Gasteiger partial charge in [0.1, 0.15) is 5.75 Å². The Morgan fingerprint density at radius 2 is 1.77 bits per heavy atom. The van der Waals surface area contributed by atoms with Crippen molar-refractivity contribution in [2.24, 2.45) is 0 Å². The van der Waals surface area contributed by atoms with E-state index in [1.807, 2.05) is 19.1 Å². The Hall–Kier alpha value is -2.18. The zero-order valence-electron chi connectivity index (χ0n) is 15.7. The van der Waals surface area contributed by atoms with E-state index in [0.29, 0.717) is 24.6 Å². The molecule has 1 fully saturated rings. The Kier molecular flexibility index (Phi) is 6.41. The van der Waals surface area contributed by atoms with Crippen molar-refractivity contribution in [3.05, 3.63) is 36.2 Å². The second-order valence-electron chi connectivity index (χ2n) is 6.80. The van der Waals surface area contributed by atoms with Crippen LogP contribution in [0.1, 0.15) is 38.2 Å². The smallest absolute Gasteiger partial charge is 0.219 e. The minimum atomic E-state index is 0.291. The molecule has 0 saturated heterocycles. The van der Waals surface area contributed by atoms with Gasteiger partial charge < -0.3 is 21.1 Å². The molecule has 1 aromatic heterocycles. The van der Waals surface area contributed by atoms with Crippen LogP contribution in [0.2, 0.25) is 0 Å². The van der Waals surface area contributed by atoms with Crippen LogP contribution < -0.4 is 21.1 Å². The number of aromatic nitrogens is 2. The highest BCUT2D eigenvalue weighted by Crippen LogP contribution is 2.27. The van der Waals surface area contributed by atoms with E-state index in [1.165, 1.54) is 25.7 Å². The van der Waals surface area contributed by atoms with Gasteiger partial charge in [-0.3, -0.25) is 0 Å². The fourth-order valence-electron chi connectivity index (χ4n) is 3.52. The molecule has 0 radical (unpaired) electrons. The van der Waals surface area contributed by atoms with Gasteiger partial charge in [0.25, 0.3) is 0 Å². The van der Waals surface area contributed by atoms with Gasteiger partial charge in [-0.15, -0.1) is 0 Å². The van der Waals surface area contributed by atoms with Crippen molar-refractivity contribution >= 4 is 5.95 Å². The molecule has 0 spiro atoms. The topological polar surface area (TPSA) is 85.1 Å². The lowest BCUT2D eigenvalue weighted by molar-refractivity contribution is 0.310. The molecule has 6 nitrogen and oxygen atoms in total. The average Bonchev–Trinajstić information content (AvgIpc) is 2.68. The number of hydrogen-bond acceptors (Lipinski definition) is 6. The number of nitrogens with two attached hydrogens (primary N) is 1. The molecule has 1 saturated carbocycles. The van der Waals surface area contributed by atoms with Crippen molar-refractivity contribution in [2.45, 2.75) is 51.2 Å². The molecule has 0 unspecified atom stereocenters. The van der Waals surface area contributed by atoms with Gasteiger partial charge in [-0.2, -0.15) is 0 Å². The Morgan fingerprint density at radius 1 is 1.08 bits per heavy atom. The lowest BCUT2D eigenvalue weighted by Crippen LogP contribution is -2.38. The third-order valence-corrected chi connectivity index (χ3v) is 5.08. The zero-order chi connectivity index (χ0) is 18.4. The van der Waals surface area contributed by atoms with Crippen molar-refractivity contribution < 1.29 is 4.74 Å². The number of anilines is 1. The number of nitrogens with one attached hydrogen (secondary N) is 2. The van der Waals surface area contributed by atoms with Crippen LogP contribution in [0.3, 0.4) is 0 Å². The zero-order valence-corrected chi connectivity index (χ0v) is 15.7. The minimum absolute atomic E-state index is 0.291. The summed E-state index contributed by atoms with van der Waals surface area (Å²) in [7, 11) is 2.05. The summed E-state index contributed by atoms with van der Waals surface area (Å²) in [6, 6.07) is 7.47. The molecule has 4 N–H and O–H groups in total. The molecule has 0 aliphatic heterocycles. The molecular weight excluding hydrogens is 326 g/mol. The number of nitrogen functional groups attached to an aromatic ring is 1. The SMILES string of the molecule is CCOc1ccc(-c2cnc(N)nc2)cc1CNC1CCC(NC)CC1. The molecule has 0 atom stereocenters. The van der Waals surface area contributed by atoms with E-state index in [2.05, 4.69) is 33.7 Å². The summed E-state index contributed by atoms with van der Waals surface area (Å²) in [4.78, 5) is 8.18. The van der Waals surface area contributed by atoms with Crippen molar-refractivity contribution in [3.8, 4) is 16.9 Å². The Balaban J connectivity index is 1.71. The normalized spacial score (nSPS) is 20.1. The molecule has 6 heteroatoms. The van der Waals surface area contributed by atoms with E-state index in [4.69, 9.17) is 10.5 Å². The molecule has 2 aromatic rings. The fraction of sp³-hybridized carbons (Fsp3) is 0.500. The van der Waals surface area contributed by atoms with Crippen LogP contribution in [-0.4, -0.2) is 35.7 Å². The van der Waals surface area contributed by atoms with Crippen molar-refractivity contribution in [1.29, 1.82) is 0 Å². The van der Waals surface area contributed by atoms with E-state index >= 15 is 0 Å². The van der Waals surface area contributed by atoms with Crippen LogP contribution in [0.25, 0.3) is 11.1 Å². The second kappa shape index (κ2) is 8.96. The molecular formula is C20H29N5O. The summed E-state index contributed by atoms with van der Waals surface area (Å²) in [6.45, 7) is 3.47. The highest BCUT2D eigenvalue weighted by Gasteiger charge is 2.19. The van der Waals surface area contributed by atoms with Crippen molar-refractivity contribution in [1.82, 2.24) is 20.6 Å². The van der Waals surface area contributed by atoms with Gasteiger partial charge in [-0.1, -0.05) is 6.07 Å². The molecule has 1 aliphatic carbocycles. The van der Waals surface area contributed by atoms with Crippen LogP contribution in [0.5, 0.6) is 5.75 Å². The second-order valence-corrected chi connectivity index (χ2v) is 6.80. The quantitative estimate of drug-likeness (QED) is 0.708. The van der Waals surface area contributed by atoms with E-state index in [1.54, 1.807) is 12.4 Å². The van der Waals surface area contributed by atoms with Crippen LogP contribution in [0, 0.1) is 0 Å². The van der Waals surface area contributed by atoms with E-state index < -0.39 is 0 Å². The van der Waals surface area contributed by atoms with E-state index in [-0.39, 0.29) is 0 Å². The number of benzene rings is 1. The lowest BCUT2D eigenvalue weighted by atomic mass is 9.91. The number of ether oxygens (including phenoxy) is 1. The summed E-state index contributed by atoms with van der Waals surface area (Å²) < 4.78 is 5.82. The van der Waals surface area contributed by atoms with Gasteiger partial charge in [-0.25, -0.2) is 9.97 Å². The molecule has 0 bridgehead atoms. The molecule has 26 heavy (non-hydrogen) atoms. The maximum absolute atomic E-state index is 5.82. The van der Waals surface area contributed by atoms with Gasteiger partial charge in [0.05, 0.1) is 6.61 Å². The summed E-state index contributed by atoms with van der Waals surface area (Å²) in [5.74, 6) is 1.22. The number of hydrogen-bond donors (Lipinski definition) is 3. The lowest BCUT2D eigenvalue weighted by Gasteiger charge is -2.29. The maximum Gasteiger partial charge on any atom is 0.219 e. The third kappa shape index (κ3) is 4.71. The minimum Gasteiger partial charge on any atom is -0.494 e. The Morgan fingerprint density at radius 3 is 2.42 bits per heavy atom. The summed E-state index contributed by atoms with van der Waals surface area (Å²) >= 11 is 0. The third-order valence-electron chi connectivity index (χ3n) is 5.08. The standard InChI is InChI=1S/C20H29N5O/c1-3-26-19-9-4-14(16-12-24-20(21)25-13-16)10-15(19)11-23-18-7-5-17(22-2)6-8-18/h4,9-10,12-13,17-18,22-23H,3,5-8,11H2,1-2H3,(H2,21,24,25). The van der Waals surface area contributed by atoms with Crippen LogP contribution >= 0.6 is 0 Å². The van der Waals surface area contributed by atoms with Gasteiger partial charge in [0, 0.05) is 42.1 Å². The highest BCUT2D eigenvalue weighted by atomic mass is 16.5. The van der Waals surface area contributed by atoms with Gasteiger partial charge in [-0.05, 0) is 57.4 Å². The number of nitrogens with zero attached hydrogens (tertiary/aromatic N) is 2. The fourth-order valence-corrected chi connectivity index (χ4v) is 3.52. The molecule has 140 valence electrons. The predicted molar refractivity (Wildman–Crippen MR) is 105 cm³/mol. The van der Waals surface area contributed by atoms with E-state index in [9.17, 15) is 0 Å². The Bertz CT molecular complexity index is 696. The van der Waals surface area contributed by atoms with Gasteiger partial charge in [0.15, 0.2) is 0 Å². The van der Waals surface area contributed by atoms with Gasteiger partial charge >= 0.3 is 0 Å². The summed E-state index contributed by atoms with van der Waals surface area (Å²) in [5, 5.41) is 7.10. The van der Waals surface area contributed by atoms with E-state index in [0.717, 1.165) is 29.0 Å². The number of rotatable bonds is 7.